The van der Waals surface area contributed by atoms with Gasteiger partial charge in [-0.2, -0.15) is 0 Å². The summed E-state index contributed by atoms with van der Waals surface area (Å²) in [7, 11) is 0. The highest BCUT2D eigenvalue weighted by Gasteiger charge is 2.05. The second kappa shape index (κ2) is 6.31. The Balaban J connectivity index is 1.99. The quantitative estimate of drug-likeness (QED) is 0.865. The summed E-state index contributed by atoms with van der Waals surface area (Å²) in [5.41, 5.74) is 4.03. The largest absolute Gasteiger partial charge is 0.306 e. The topological polar surface area (TPSA) is 24.9 Å². The van der Waals surface area contributed by atoms with E-state index in [1.165, 1.54) is 16.7 Å². The average Bonchev–Trinajstić information content (AvgIpc) is 2.46. The van der Waals surface area contributed by atoms with Gasteiger partial charge >= 0.3 is 0 Å². The summed E-state index contributed by atoms with van der Waals surface area (Å²) in [6, 6.07) is 13.0. The molecule has 0 saturated heterocycles. The van der Waals surface area contributed by atoms with E-state index in [1.54, 1.807) is 0 Å². The molecular formula is C16H20N2. The zero-order valence-corrected chi connectivity index (χ0v) is 11.1. The minimum absolute atomic E-state index is 0.323. The summed E-state index contributed by atoms with van der Waals surface area (Å²) in [6.45, 7) is 5.27. The first-order chi connectivity index (χ1) is 8.81. The molecule has 0 bridgehead atoms. The highest BCUT2D eigenvalue weighted by atomic mass is 14.9. The molecule has 18 heavy (non-hydrogen) atoms. The summed E-state index contributed by atoms with van der Waals surface area (Å²) in [6.07, 6.45) is 4.81. The lowest BCUT2D eigenvalue weighted by atomic mass is 10.0. The summed E-state index contributed by atoms with van der Waals surface area (Å²) < 4.78 is 0. The summed E-state index contributed by atoms with van der Waals surface area (Å²) >= 11 is 0. The number of hydrogen-bond donors (Lipinski definition) is 1. The highest BCUT2D eigenvalue weighted by Crippen LogP contribution is 2.13. The predicted octanol–water partition coefficient (Wildman–Crippen LogP) is 3.49. The van der Waals surface area contributed by atoms with E-state index in [9.17, 15) is 0 Å². The van der Waals surface area contributed by atoms with Crippen molar-refractivity contribution in [3.8, 4) is 0 Å². The number of aromatic nitrogens is 1. The normalized spacial score (nSPS) is 12.3. The van der Waals surface area contributed by atoms with Gasteiger partial charge in [0.05, 0.1) is 0 Å². The van der Waals surface area contributed by atoms with Crippen LogP contribution in [0.2, 0.25) is 0 Å². The molecule has 1 aromatic carbocycles. The van der Waals surface area contributed by atoms with E-state index in [0.717, 1.165) is 13.0 Å². The Hall–Kier alpha value is -1.67. The van der Waals surface area contributed by atoms with E-state index in [4.69, 9.17) is 0 Å². The van der Waals surface area contributed by atoms with Crippen LogP contribution in [0.4, 0.5) is 0 Å². The van der Waals surface area contributed by atoms with Crippen molar-refractivity contribution < 1.29 is 0 Å². The van der Waals surface area contributed by atoms with Crippen LogP contribution in [0.5, 0.6) is 0 Å². The molecule has 0 spiro atoms. The Labute approximate surface area is 109 Å². The van der Waals surface area contributed by atoms with Gasteiger partial charge in [0.1, 0.15) is 0 Å². The summed E-state index contributed by atoms with van der Waals surface area (Å²) in [5.74, 6) is 0. The number of rotatable bonds is 5. The van der Waals surface area contributed by atoms with Gasteiger partial charge in [0.25, 0.3) is 0 Å². The van der Waals surface area contributed by atoms with Crippen LogP contribution in [0.25, 0.3) is 0 Å². The van der Waals surface area contributed by atoms with Gasteiger partial charge in [-0.15, -0.1) is 0 Å². The van der Waals surface area contributed by atoms with E-state index >= 15 is 0 Å². The van der Waals surface area contributed by atoms with Gasteiger partial charge in [-0.05, 0) is 36.1 Å². The van der Waals surface area contributed by atoms with Gasteiger partial charge in [-0.1, -0.05) is 37.3 Å². The SMILES string of the molecule is CCc1ccccc1CN[C@H](C)c1cccnc1. The van der Waals surface area contributed by atoms with Gasteiger partial charge in [-0.3, -0.25) is 4.98 Å². The molecule has 0 radical (unpaired) electrons. The number of nitrogens with zero attached hydrogens (tertiary/aromatic N) is 1. The molecule has 0 saturated carbocycles. The minimum atomic E-state index is 0.323. The molecule has 0 aliphatic heterocycles. The third kappa shape index (κ3) is 3.17. The first-order valence-electron chi connectivity index (χ1n) is 6.51. The van der Waals surface area contributed by atoms with E-state index in [2.05, 4.69) is 54.5 Å². The van der Waals surface area contributed by atoms with Crippen LogP contribution >= 0.6 is 0 Å². The lowest BCUT2D eigenvalue weighted by molar-refractivity contribution is 0.571. The lowest BCUT2D eigenvalue weighted by Gasteiger charge is -2.15. The first kappa shape index (κ1) is 12.8. The van der Waals surface area contributed by atoms with Gasteiger partial charge in [0.15, 0.2) is 0 Å². The second-order valence-electron chi connectivity index (χ2n) is 4.51. The maximum Gasteiger partial charge on any atom is 0.0315 e. The monoisotopic (exact) mass is 240 g/mol. The molecule has 2 aromatic rings. The van der Waals surface area contributed by atoms with Crippen LogP contribution in [-0.4, -0.2) is 4.98 Å². The summed E-state index contributed by atoms with van der Waals surface area (Å²) in [5, 5.41) is 3.55. The molecule has 1 heterocycles. The fourth-order valence-corrected chi connectivity index (χ4v) is 2.09. The molecular weight excluding hydrogens is 220 g/mol. The molecule has 2 rings (SSSR count). The molecule has 2 nitrogen and oxygen atoms in total. The van der Waals surface area contributed by atoms with Crippen molar-refractivity contribution in [2.45, 2.75) is 32.9 Å². The van der Waals surface area contributed by atoms with Gasteiger partial charge in [-0.25, -0.2) is 0 Å². The maximum absolute atomic E-state index is 4.15. The summed E-state index contributed by atoms with van der Waals surface area (Å²) in [4.78, 5) is 4.15. The van der Waals surface area contributed by atoms with Gasteiger partial charge in [0.2, 0.25) is 0 Å². The Kier molecular flexibility index (Phi) is 4.48. The number of benzene rings is 1. The Morgan fingerprint density at radius 3 is 2.56 bits per heavy atom. The highest BCUT2D eigenvalue weighted by molar-refractivity contribution is 5.27. The van der Waals surface area contributed by atoms with Gasteiger partial charge < -0.3 is 5.32 Å². The molecule has 0 aliphatic carbocycles. The smallest absolute Gasteiger partial charge is 0.0315 e. The van der Waals surface area contributed by atoms with Crippen molar-refractivity contribution in [1.29, 1.82) is 0 Å². The minimum Gasteiger partial charge on any atom is -0.306 e. The molecule has 1 N–H and O–H groups in total. The fraction of sp³-hybridized carbons (Fsp3) is 0.312. The number of nitrogens with one attached hydrogen (secondary N) is 1. The third-order valence-corrected chi connectivity index (χ3v) is 3.28. The van der Waals surface area contributed by atoms with Crippen LogP contribution in [0.15, 0.2) is 48.8 Å². The molecule has 0 amide bonds. The molecule has 0 unspecified atom stereocenters. The van der Waals surface area contributed by atoms with Crippen molar-refractivity contribution in [3.05, 3.63) is 65.5 Å². The number of aryl methyl sites for hydroxylation is 1. The molecule has 1 aromatic heterocycles. The van der Waals surface area contributed by atoms with Crippen molar-refractivity contribution >= 4 is 0 Å². The van der Waals surface area contributed by atoms with E-state index in [1.807, 2.05) is 18.5 Å². The first-order valence-corrected chi connectivity index (χ1v) is 6.51. The Morgan fingerprint density at radius 1 is 1.11 bits per heavy atom. The molecule has 94 valence electrons. The maximum atomic E-state index is 4.15. The predicted molar refractivity (Wildman–Crippen MR) is 75.3 cm³/mol. The second-order valence-corrected chi connectivity index (χ2v) is 4.51. The van der Waals surface area contributed by atoms with Crippen LogP contribution in [0.1, 0.15) is 36.6 Å². The van der Waals surface area contributed by atoms with E-state index < -0.39 is 0 Å². The lowest BCUT2D eigenvalue weighted by Crippen LogP contribution is -2.19. The van der Waals surface area contributed by atoms with E-state index in [-0.39, 0.29) is 0 Å². The van der Waals surface area contributed by atoms with Crippen molar-refractivity contribution in [3.63, 3.8) is 0 Å². The van der Waals surface area contributed by atoms with Crippen molar-refractivity contribution in [2.24, 2.45) is 0 Å². The van der Waals surface area contributed by atoms with Crippen LogP contribution in [0.3, 0.4) is 0 Å². The Morgan fingerprint density at radius 2 is 1.89 bits per heavy atom. The number of hydrogen-bond acceptors (Lipinski definition) is 2. The molecule has 0 aliphatic rings. The number of pyridine rings is 1. The average molecular weight is 240 g/mol. The van der Waals surface area contributed by atoms with Crippen LogP contribution in [-0.2, 0) is 13.0 Å². The third-order valence-electron chi connectivity index (χ3n) is 3.28. The standard InChI is InChI=1S/C16H20N2/c1-3-14-7-4-5-8-16(14)12-18-13(2)15-9-6-10-17-11-15/h4-11,13,18H,3,12H2,1-2H3/t13-/m1/s1. The van der Waals surface area contributed by atoms with Crippen LogP contribution < -0.4 is 5.32 Å². The van der Waals surface area contributed by atoms with Crippen molar-refractivity contribution in [1.82, 2.24) is 10.3 Å². The zero-order valence-electron chi connectivity index (χ0n) is 11.1. The van der Waals surface area contributed by atoms with Crippen molar-refractivity contribution in [2.75, 3.05) is 0 Å². The molecule has 2 heteroatoms. The van der Waals surface area contributed by atoms with Gasteiger partial charge in [0, 0.05) is 25.0 Å². The zero-order chi connectivity index (χ0) is 12.8. The molecule has 0 fully saturated rings. The fourth-order valence-electron chi connectivity index (χ4n) is 2.09. The molecule has 1 atom stereocenters. The van der Waals surface area contributed by atoms with E-state index in [0.29, 0.717) is 6.04 Å². The Bertz CT molecular complexity index is 479. The van der Waals surface area contributed by atoms with Crippen LogP contribution in [0, 0.1) is 0 Å².